The first kappa shape index (κ1) is 19.3. The fraction of sp³-hybridized carbons (Fsp3) is 0.130. The van der Waals surface area contributed by atoms with E-state index in [2.05, 4.69) is 14.5 Å². The lowest BCUT2D eigenvalue weighted by Gasteiger charge is -2.11. The molecule has 7 nitrogen and oxygen atoms in total. The summed E-state index contributed by atoms with van der Waals surface area (Å²) in [6.07, 6.45) is 7.81. The lowest BCUT2D eigenvalue weighted by molar-refractivity contribution is 0.415. The van der Waals surface area contributed by atoms with Crippen molar-refractivity contribution in [1.82, 2.24) is 24.5 Å². The van der Waals surface area contributed by atoms with E-state index in [9.17, 15) is 0 Å². The quantitative estimate of drug-likeness (QED) is 0.284. The lowest BCUT2D eigenvalue weighted by Crippen LogP contribution is -2.06. The van der Waals surface area contributed by atoms with Crippen molar-refractivity contribution in [2.75, 3.05) is 13.4 Å². The second kappa shape index (κ2) is 8.23. The molecule has 0 bridgehead atoms. The van der Waals surface area contributed by atoms with Crippen molar-refractivity contribution in [3.05, 3.63) is 78.6 Å². The summed E-state index contributed by atoms with van der Waals surface area (Å²) in [6, 6.07) is 15.5. The Bertz CT molecular complexity index is 1330. The molecule has 0 N–H and O–H groups in total. The number of benzene rings is 1. The molecule has 0 spiro atoms. The van der Waals surface area contributed by atoms with Crippen LogP contribution >= 0.6 is 11.8 Å². The zero-order valence-electron chi connectivity index (χ0n) is 17.0. The Morgan fingerprint density at radius 1 is 1.03 bits per heavy atom. The van der Waals surface area contributed by atoms with Gasteiger partial charge in [0.1, 0.15) is 23.1 Å². The smallest absolute Gasteiger partial charge is 0.189 e. The Hall–Kier alpha value is -3.65. The second-order valence-corrected chi connectivity index (χ2v) is 7.60. The first-order valence-corrected chi connectivity index (χ1v) is 10.9. The molecule has 0 fully saturated rings. The van der Waals surface area contributed by atoms with Gasteiger partial charge in [0.25, 0.3) is 0 Å². The van der Waals surface area contributed by atoms with E-state index in [4.69, 9.17) is 19.1 Å². The Kier molecular flexibility index (Phi) is 5.13. The topological polar surface area (TPSA) is 78.9 Å². The van der Waals surface area contributed by atoms with Crippen LogP contribution in [0.2, 0.25) is 0 Å². The molecule has 4 heterocycles. The molecule has 5 aromatic rings. The summed E-state index contributed by atoms with van der Waals surface area (Å²) in [5.41, 5.74) is 3.63. The van der Waals surface area contributed by atoms with E-state index >= 15 is 0 Å². The molecule has 0 saturated heterocycles. The van der Waals surface area contributed by atoms with Crippen LogP contribution in [0.4, 0.5) is 0 Å². The number of hydrogen-bond acceptors (Lipinski definition) is 7. The van der Waals surface area contributed by atoms with Crippen molar-refractivity contribution in [1.29, 1.82) is 0 Å². The van der Waals surface area contributed by atoms with Crippen LogP contribution in [0.1, 0.15) is 11.4 Å². The van der Waals surface area contributed by atoms with E-state index in [1.54, 1.807) is 25.8 Å². The Morgan fingerprint density at radius 2 is 1.90 bits per heavy atom. The maximum absolute atomic E-state index is 5.59. The largest absolute Gasteiger partial charge is 0.497 e. The summed E-state index contributed by atoms with van der Waals surface area (Å²) in [7, 11) is 1.65. The normalized spacial score (nSPS) is 11.2. The third-order valence-corrected chi connectivity index (χ3v) is 5.47. The SMILES string of the molecule is COc1ccc2c(c1)nc(Cc1ccncc1)n2-c1cc(-c2ccco2)nc(SC)n1. The molecule has 0 radical (unpaired) electrons. The zero-order chi connectivity index (χ0) is 21.2. The Balaban J connectivity index is 1.73. The molecule has 0 aliphatic carbocycles. The van der Waals surface area contributed by atoms with Crippen LogP contribution < -0.4 is 4.74 Å². The van der Waals surface area contributed by atoms with Gasteiger partial charge in [0.05, 0.1) is 24.4 Å². The standard InChI is InChI=1S/C23H19N5O2S/c1-29-16-5-6-19-17(13-16)25-21(12-15-7-9-24-10-8-15)28(19)22-14-18(20-4-3-11-30-20)26-23(27-22)31-2/h3-11,13-14H,12H2,1-2H3. The molecule has 1 aromatic carbocycles. The van der Waals surface area contributed by atoms with Crippen molar-refractivity contribution >= 4 is 22.8 Å². The average molecular weight is 430 g/mol. The highest BCUT2D eigenvalue weighted by molar-refractivity contribution is 7.98. The van der Waals surface area contributed by atoms with Crippen LogP contribution in [0, 0.1) is 0 Å². The van der Waals surface area contributed by atoms with Gasteiger partial charge in [0.2, 0.25) is 0 Å². The summed E-state index contributed by atoms with van der Waals surface area (Å²) in [6.45, 7) is 0. The number of imidazole rings is 1. The van der Waals surface area contributed by atoms with Crippen molar-refractivity contribution in [2.45, 2.75) is 11.6 Å². The van der Waals surface area contributed by atoms with Gasteiger partial charge >= 0.3 is 0 Å². The minimum atomic E-state index is 0.633. The van der Waals surface area contributed by atoms with Gasteiger partial charge in [-0.25, -0.2) is 15.0 Å². The molecule has 154 valence electrons. The Labute approximate surface area is 183 Å². The number of aromatic nitrogens is 5. The van der Waals surface area contributed by atoms with Gasteiger partial charge in [-0.1, -0.05) is 11.8 Å². The number of methoxy groups -OCH3 is 1. The third kappa shape index (κ3) is 3.77. The molecule has 0 amide bonds. The first-order chi connectivity index (χ1) is 15.2. The minimum absolute atomic E-state index is 0.633. The van der Waals surface area contributed by atoms with Crippen LogP contribution in [0.15, 0.2) is 76.8 Å². The highest BCUT2D eigenvalue weighted by Gasteiger charge is 2.17. The van der Waals surface area contributed by atoms with Gasteiger partial charge in [-0.2, -0.15) is 0 Å². The lowest BCUT2D eigenvalue weighted by atomic mass is 10.2. The molecule has 0 aliphatic heterocycles. The fourth-order valence-electron chi connectivity index (χ4n) is 3.46. The second-order valence-electron chi connectivity index (χ2n) is 6.83. The van der Waals surface area contributed by atoms with Crippen LogP contribution in [0.25, 0.3) is 28.3 Å². The van der Waals surface area contributed by atoms with E-state index in [-0.39, 0.29) is 0 Å². The predicted octanol–water partition coefficient (Wildman–Crippen LogP) is 4.79. The van der Waals surface area contributed by atoms with Crippen LogP contribution in [0.5, 0.6) is 5.75 Å². The number of nitrogens with zero attached hydrogens (tertiary/aromatic N) is 5. The summed E-state index contributed by atoms with van der Waals surface area (Å²) in [4.78, 5) is 18.4. The molecule has 0 atom stereocenters. The van der Waals surface area contributed by atoms with Crippen LogP contribution in [-0.4, -0.2) is 37.9 Å². The number of furan rings is 1. The third-order valence-electron chi connectivity index (χ3n) is 4.92. The number of pyridine rings is 1. The average Bonchev–Trinajstić information content (AvgIpc) is 3.47. The van der Waals surface area contributed by atoms with E-state index in [0.717, 1.165) is 39.7 Å². The van der Waals surface area contributed by atoms with Gasteiger partial charge in [-0.05, 0) is 48.2 Å². The highest BCUT2D eigenvalue weighted by atomic mass is 32.2. The summed E-state index contributed by atoms with van der Waals surface area (Å²) >= 11 is 1.49. The van der Waals surface area contributed by atoms with Gasteiger partial charge in [-0.3, -0.25) is 9.55 Å². The fourth-order valence-corrected chi connectivity index (χ4v) is 3.84. The molecule has 5 rings (SSSR count). The molecular formula is C23H19N5O2S. The van der Waals surface area contributed by atoms with Crippen molar-refractivity contribution < 1.29 is 9.15 Å². The number of hydrogen-bond donors (Lipinski definition) is 0. The molecule has 4 aromatic heterocycles. The highest BCUT2D eigenvalue weighted by Crippen LogP contribution is 2.29. The van der Waals surface area contributed by atoms with E-state index in [1.807, 2.05) is 54.8 Å². The number of thioether (sulfide) groups is 1. The maximum Gasteiger partial charge on any atom is 0.189 e. The Morgan fingerprint density at radius 3 is 2.65 bits per heavy atom. The number of rotatable bonds is 6. The molecule has 31 heavy (non-hydrogen) atoms. The van der Waals surface area contributed by atoms with Crippen molar-refractivity contribution in [2.24, 2.45) is 0 Å². The van der Waals surface area contributed by atoms with E-state index in [0.29, 0.717) is 17.3 Å². The first-order valence-electron chi connectivity index (χ1n) is 9.67. The van der Waals surface area contributed by atoms with Gasteiger partial charge in [0.15, 0.2) is 10.9 Å². The molecule has 0 saturated carbocycles. The number of fused-ring (bicyclic) bond motifs is 1. The van der Waals surface area contributed by atoms with E-state index in [1.165, 1.54) is 11.8 Å². The molecule has 0 unspecified atom stereocenters. The van der Waals surface area contributed by atoms with Crippen LogP contribution in [0.3, 0.4) is 0 Å². The summed E-state index contributed by atoms with van der Waals surface area (Å²) in [5.74, 6) is 3.06. The maximum atomic E-state index is 5.59. The molecule has 8 heteroatoms. The monoisotopic (exact) mass is 429 g/mol. The minimum Gasteiger partial charge on any atom is -0.497 e. The molecule has 0 aliphatic rings. The predicted molar refractivity (Wildman–Crippen MR) is 120 cm³/mol. The van der Waals surface area contributed by atoms with E-state index < -0.39 is 0 Å². The number of ether oxygens (including phenoxy) is 1. The van der Waals surface area contributed by atoms with Gasteiger partial charge in [-0.15, -0.1) is 0 Å². The van der Waals surface area contributed by atoms with Gasteiger partial charge in [0, 0.05) is 30.9 Å². The molecular weight excluding hydrogens is 410 g/mol. The van der Waals surface area contributed by atoms with Crippen molar-refractivity contribution in [3.63, 3.8) is 0 Å². The summed E-state index contributed by atoms with van der Waals surface area (Å²) in [5, 5.41) is 0.661. The van der Waals surface area contributed by atoms with Gasteiger partial charge < -0.3 is 9.15 Å². The van der Waals surface area contributed by atoms with Crippen LogP contribution in [-0.2, 0) is 6.42 Å². The zero-order valence-corrected chi connectivity index (χ0v) is 17.8. The summed E-state index contributed by atoms with van der Waals surface area (Å²) < 4.78 is 13.1. The van der Waals surface area contributed by atoms with Crippen molar-refractivity contribution in [3.8, 4) is 23.0 Å².